The van der Waals surface area contributed by atoms with E-state index in [1.54, 1.807) is 23.1 Å². The molecule has 3 aromatic rings. The van der Waals surface area contributed by atoms with Crippen LogP contribution in [0.4, 0.5) is 11.4 Å². The number of ether oxygens (including phenoxy) is 2. The summed E-state index contributed by atoms with van der Waals surface area (Å²) in [4.78, 5) is 26.2. The molecule has 0 saturated carbocycles. The Labute approximate surface area is 179 Å². The summed E-state index contributed by atoms with van der Waals surface area (Å²) in [5.74, 6) is -0.135. The number of carbonyl (C=O) groups is 2. The number of carbonyl (C=O) groups excluding carboxylic acids is 1. The number of rotatable bonds is 7. The molecular weight excluding hydrogens is 396 g/mol. The van der Waals surface area contributed by atoms with Gasteiger partial charge >= 0.3 is 5.97 Å². The average molecular weight is 418 g/mol. The molecule has 1 aliphatic rings. The van der Waals surface area contributed by atoms with E-state index < -0.39 is 18.7 Å². The second-order valence-corrected chi connectivity index (χ2v) is 6.91. The molecule has 31 heavy (non-hydrogen) atoms. The Balaban J connectivity index is 1.79. The van der Waals surface area contributed by atoms with Crippen molar-refractivity contribution in [1.82, 2.24) is 0 Å². The molecule has 1 atom stereocenters. The van der Waals surface area contributed by atoms with E-state index in [1.807, 2.05) is 61.5 Å². The summed E-state index contributed by atoms with van der Waals surface area (Å²) < 4.78 is 11.0. The van der Waals surface area contributed by atoms with Gasteiger partial charge in [0.2, 0.25) is 0 Å². The van der Waals surface area contributed by atoms with Gasteiger partial charge in [-0.2, -0.15) is 0 Å². The molecule has 4 rings (SSSR count). The van der Waals surface area contributed by atoms with E-state index in [9.17, 15) is 9.59 Å². The van der Waals surface area contributed by atoms with E-state index in [0.717, 1.165) is 0 Å². The summed E-state index contributed by atoms with van der Waals surface area (Å²) >= 11 is 0. The largest absolute Gasteiger partial charge is 0.494 e. The van der Waals surface area contributed by atoms with Crippen LogP contribution < -0.4 is 19.7 Å². The van der Waals surface area contributed by atoms with Crippen LogP contribution in [0.1, 0.15) is 29.0 Å². The lowest BCUT2D eigenvalue weighted by Crippen LogP contribution is -2.43. The van der Waals surface area contributed by atoms with Crippen LogP contribution in [0.2, 0.25) is 0 Å². The van der Waals surface area contributed by atoms with Crippen LogP contribution in [0.25, 0.3) is 0 Å². The van der Waals surface area contributed by atoms with Crippen molar-refractivity contribution in [3.05, 3.63) is 83.9 Å². The van der Waals surface area contributed by atoms with Crippen LogP contribution in [0.3, 0.4) is 0 Å². The van der Waals surface area contributed by atoms with Crippen LogP contribution in [0.5, 0.6) is 11.5 Å². The number of aliphatic carboxylic acids is 1. The molecule has 0 aliphatic carbocycles. The highest BCUT2D eigenvalue weighted by atomic mass is 16.5. The van der Waals surface area contributed by atoms with Crippen molar-refractivity contribution in [3.63, 3.8) is 0 Å². The standard InChI is InChI=1S/C24H22N2O5/c1-2-30-17-13-11-16(12-14-17)26-23(25-20-9-5-3-7-18(20)24(26)29)19-8-4-6-10-21(19)31-15-22(27)28/h3-14,23,25H,2,15H2,1H3,(H,27,28)/t23-/m0/s1. The van der Waals surface area contributed by atoms with Gasteiger partial charge in [-0.25, -0.2) is 4.79 Å². The summed E-state index contributed by atoms with van der Waals surface area (Å²) in [5, 5.41) is 12.4. The van der Waals surface area contributed by atoms with Gasteiger partial charge < -0.3 is 19.9 Å². The zero-order valence-corrected chi connectivity index (χ0v) is 16.9. The van der Waals surface area contributed by atoms with Crippen molar-refractivity contribution < 1.29 is 24.2 Å². The Kier molecular flexibility index (Phi) is 5.75. The van der Waals surface area contributed by atoms with Crippen LogP contribution in [-0.4, -0.2) is 30.2 Å². The van der Waals surface area contributed by atoms with Crippen molar-refractivity contribution in [2.24, 2.45) is 0 Å². The zero-order chi connectivity index (χ0) is 21.8. The minimum Gasteiger partial charge on any atom is -0.494 e. The van der Waals surface area contributed by atoms with Crippen LogP contribution >= 0.6 is 0 Å². The fraction of sp³-hybridized carbons (Fsp3) is 0.167. The Morgan fingerprint density at radius 1 is 1.00 bits per heavy atom. The van der Waals surface area contributed by atoms with Crippen LogP contribution in [-0.2, 0) is 4.79 Å². The molecule has 7 heteroatoms. The number of anilines is 2. The van der Waals surface area contributed by atoms with Gasteiger partial charge in [0.1, 0.15) is 17.7 Å². The van der Waals surface area contributed by atoms with E-state index in [-0.39, 0.29) is 5.91 Å². The van der Waals surface area contributed by atoms with Crippen molar-refractivity contribution in [2.75, 3.05) is 23.4 Å². The first-order valence-electron chi connectivity index (χ1n) is 9.94. The molecule has 0 unspecified atom stereocenters. The SMILES string of the molecule is CCOc1ccc(N2C(=O)c3ccccc3N[C@@H]2c2ccccc2OCC(=O)O)cc1. The molecule has 3 aromatic carbocycles. The molecule has 0 aromatic heterocycles. The smallest absolute Gasteiger partial charge is 0.341 e. The minimum absolute atomic E-state index is 0.170. The first kappa shape index (κ1) is 20.3. The predicted molar refractivity (Wildman–Crippen MR) is 117 cm³/mol. The van der Waals surface area contributed by atoms with Crippen LogP contribution in [0, 0.1) is 0 Å². The first-order valence-corrected chi connectivity index (χ1v) is 9.94. The van der Waals surface area contributed by atoms with Crippen LogP contribution in [0.15, 0.2) is 72.8 Å². The lowest BCUT2D eigenvalue weighted by atomic mass is 10.0. The van der Waals surface area contributed by atoms with Crippen molar-refractivity contribution in [2.45, 2.75) is 13.1 Å². The Morgan fingerprint density at radius 3 is 2.45 bits per heavy atom. The van der Waals surface area contributed by atoms with Gasteiger partial charge in [-0.15, -0.1) is 0 Å². The van der Waals surface area contributed by atoms with E-state index >= 15 is 0 Å². The van der Waals surface area contributed by atoms with Gasteiger partial charge in [-0.05, 0) is 49.4 Å². The summed E-state index contributed by atoms with van der Waals surface area (Å²) in [6, 6.07) is 21.7. The summed E-state index contributed by atoms with van der Waals surface area (Å²) in [7, 11) is 0. The zero-order valence-electron chi connectivity index (χ0n) is 16.9. The molecule has 2 N–H and O–H groups in total. The van der Waals surface area contributed by atoms with E-state index in [0.29, 0.717) is 40.6 Å². The number of carboxylic acid groups (broad SMARTS) is 1. The van der Waals surface area contributed by atoms with Crippen molar-refractivity contribution in [1.29, 1.82) is 0 Å². The average Bonchev–Trinajstić information content (AvgIpc) is 2.79. The molecule has 0 radical (unpaired) electrons. The van der Waals surface area contributed by atoms with Gasteiger partial charge in [0.25, 0.3) is 5.91 Å². The summed E-state index contributed by atoms with van der Waals surface area (Å²) in [5.41, 5.74) is 2.58. The fourth-order valence-corrected chi connectivity index (χ4v) is 3.58. The number of nitrogens with zero attached hydrogens (tertiary/aromatic N) is 1. The third kappa shape index (κ3) is 4.16. The molecule has 0 fully saturated rings. The molecule has 158 valence electrons. The van der Waals surface area contributed by atoms with Gasteiger partial charge in [0.15, 0.2) is 6.61 Å². The maximum Gasteiger partial charge on any atom is 0.341 e. The van der Waals surface area contributed by atoms with Gasteiger partial charge in [0.05, 0.1) is 12.2 Å². The second kappa shape index (κ2) is 8.79. The van der Waals surface area contributed by atoms with Gasteiger partial charge in [0, 0.05) is 16.9 Å². The number of nitrogens with one attached hydrogen (secondary N) is 1. The highest BCUT2D eigenvalue weighted by molar-refractivity contribution is 6.12. The molecule has 1 heterocycles. The highest BCUT2D eigenvalue weighted by Crippen LogP contribution is 2.39. The quantitative estimate of drug-likeness (QED) is 0.594. The van der Waals surface area contributed by atoms with E-state index in [2.05, 4.69) is 5.32 Å². The van der Waals surface area contributed by atoms with Gasteiger partial charge in [-0.1, -0.05) is 30.3 Å². The molecule has 0 saturated heterocycles. The lowest BCUT2D eigenvalue weighted by molar-refractivity contribution is -0.139. The number of para-hydroxylation sites is 2. The summed E-state index contributed by atoms with van der Waals surface area (Å²) in [6.45, 7) is 1.98. The molecule has 1 aliphatic heterocycles. The fourth-order valence-electron chi connectivity index (χ4n) is 3.58. The van der Waals surface area contributed by atoms with Crippen molar-refractivity contribution >= 4 is 23.3 Å². The number of fused-ring (bicyclic) bond motifs is 1. The highest BCUT2D eigenvalue weighted by Gasteiger charge is 2.35. The first-order chi connectivity index (χ1) is 15.1. The summed E-state index contributed by atoms with van der Waals surface area (Å²) in [6.07, 6.45) is -0.592. The predicted octanol–water partition coefficient (Wildman–Crippen LogP) is 4.32. The molecule has 1 amide bonds. The van der Waals surface area contributed by atoms with Gasteiger partial charge in [-0.3, -0.25) is 9.69 Å². The minimum atomic E-state index is -1.07. The molecule has 0 spiro atoms. The maximum absolute atomic E-state index is 13.5. The number of amides is 1. The number of carboxylic acids is 1. The second-order valence-electron chi connectivity index (χ2n) is 6.91. The normalized spacial score (nSPS) is 15.1. The lowest BCUT2D eigenvalue weighted by Gasteiger charge is -2.38. The molecular formula is C24H22N2O5. The Hall–Kier alpha value is -4.00. The van der Waals surface area contributed by atoms with E-state index in [1.165, 1.54) is 0 Å². The van der Waals surface area contributed by atoms with E-state index in [4.69, 9.17) is 14.6 Å². The number of benzene rings is 3. The molecule has 0 bridgehead atoms. The Bertz CT molecular complexity index is 1100. The third-order valence-corrected chi connectivity index (χ3v) is 4.92. The van der Waals surface area contributed by atoms with Crippen molar-refractivity contribution in [3.8, 4) is 11.5 Å². The Morgan fingerprint density at radius 2 is 1.71 bits per heavy atom. The topological polar surface area (TPSA) is 88.1 Å². The molecule has 7 nitrogen and oxygen atoms in total. The number of hydrogen-bond acceptors (Lipinski definition) is 5. The monoisotopic (exact) mass is 418 g/mol. The third-order valence-electron chi connectivity index (χ3n) is 4.92. The maximum atomic E-state index is 13.5. The number of hydrogen-bond donors (Lipinski definition) is 2.